The summed E-state index contributed by atoms with van der Waals surface area (Å²) in [6.07, 6.45) is -1.89. The van der Waals surface area contributed by atoms with Crippen LogP contribution in [0.15, 0.2) is 78.9 Å². The van der Waals surface area contributed by atoms with Gasteiger partial charge in [0.05, 0.1) is 6.42 Å². The summed E-state index contributed by atoms with van der Waals surface area (Å²) in [4.78, 5) is 38.8. The van der Waals surface area contributed by atoms with Crippen LogP contribution in [0.3, 0.4) is 0 Å². The number of nitrogens with one attached hydrogen (secondary N) is 1. The number of nitrogens with zero attached hydrogens (tertiary/aromatic N) is 1. The van der Waals surface area contributed by atoms with Gasteiger partial charge in [0.1, 0.15) is 25.4 Å². The molecule has 0 bridgehead atoms. The van der Waals surface area contributed by atoms with E-state index in [2.05, 4.69) is 5.32 Å². The summed E-state index contributed by atoms with van der Waals surface area (Å²) in [5.41, 5.74) is 5.27. The molecule has 8 heteroatoms. The van der Waals surface area contributed by atoms with Gasteiger partial charge in [-0.15, -0.1) is 0 Å². The van der Waals surface area contributed by atoms with E-state index in [9.17, 15) is 19.5 Å². The van der Waals surface area contributed by atoms with Crippen LogP contribution in [0.25, 0.3) is 11.1 Å². The summed E-state index contributed by atoms with van der Waals surface area (Å²) in [6, 6.07) is 24.2. The fraction of sp³-hybridized carbons (Fsp3) is 0.276. The molecule has 37 heavy (non-hydrogen) atoms. The van der Waals surface area contributed by atoms with E-state index in [4.69, 9.17) is 9.47 Å². The highest BCUT2D eigenvalue weighted by molar-refractivity contribution is 5.89. The summed E-state index contributed by atoms with van der Waals surface area (Å²) < 4.78 is 10.7. The molecule has 2 aliphatic rings. The van der Waals surface area contributed by atoms with E-state index >= 15 is 0 Å². The Morgan fingerprint density at radius 2 is 1.51 bits per heavy atom. The van der Waals surface area contributed by atoms with Crippen LogP contribution >= 0.6 is 0 Å². The number of rotatable bonds is 8. The number of fused-ring (bicyclic) bond motifs is 3. The molecule has 0 unspecified atom stereocenters. The van der Waals surface area contributed by atoms with E-state index in [1.165, 1.54) is 4.90 Å². The Morgan fingerprint density at radius 1 is 0.892 bits per heavy atom. The van der Waals surface area contributed by atoms with Crippen LogP contribution in [0.4, 0.5) is 4.79 Å². The van der Waals surface area contributed by atoms with Crippen molar-refractivity contribution in [2.24, 2.45) is 0 Å². The van der Waals surface area contributed by atoms with Gasteiger partial charge in [-0.1, -0.05) is 78.9 Å². The van der Waals surface area contributed by atoms with Crippen LogP contribution in [-0.2, 0) is 25.7 Å². The zero-order valence-corrected chi connectivity index (χ0v) is 20.2. The summed E-state index contributed by atoms with van der Waals surface area (Å²) in [5, 5.41) is 12.9. The lowest BCUT2D eigenvalue weighted by molar-refractivity contribution is -0.145. The number of carbonyl (C=O) groups excluding carboxylic acids is 3. The minimum atomic E-state index is -1.13. The summed E-state index contributed by atoms with van der Waals surface area (Å²) >= 11 is 0. The first-order valence-electron chi connectivity index (χ1n) is 12.3. The van der Waals surface area contributed by atoms with Crippen molar-refractivity contribution in [3.05, 3.63) is 95.6 Å². The van der Waals surface area contributed by atoms with Crippen molar-refractivity contribution in [2.45, 2.75) is 31.1 Å². The molecule has 1 saturated heterocycles. The molecule has 2 atom stereocenters. The lowest BCUT2D eigenvalue weighted by Gasteiger charge is -2.18. The molecule has 1 aliphatic heterocycles. The molecule has 2 amide bonds. The first kappa shape index (κ1) is 24.5. The molecule has 1 fully saturated rings. The first-order chi connectivity index (χ1) is 18.0. The van der Waals surface area contributed by atoms with E-state index in [1.54, 1.807) is 0 Å². The normalized spacial score (nSPS) is 18.3. The van der Waals surface area contributed by atoms with E-state index in [-0.39, 0.29) is 38.6 Å². The van der Waals surface area contributed by atoms with Gasteiger partial charge in [0.15, 0.2) is 0 Å². The Bertz CT molecular complexity index is 1250. The largest absolute Gasteiger partial charge is 0.461 e. The van der Waals surface area contributed by atoms with Crippen molar-refractivity contribution in [1.82, 2.24) is 10.2 Å². The smallest absolute Gasteiger partial charge is 0.407 e. The van der Waals surface area contributed by atoms with E-state index in [0.29, 0.717) is 0 Å². The van der Waals surface area contributed by atoms with Gasteiger partial charge in [-0.3, -0.25) is 9.59 Å². The van der Waals surface area contributed by atoms with Gasteiger partial charge >= 0.3 is 12.1 Å². The molecule has 0 radical (unpaired) electrons. The number of hydrogen-bond acceptors (Lipinski definition) is 6. The maximum atomic E-state index is 12.8. The third-order valence-electron chi connectivity index (χ3n) is 6.82. The number of likely N-dealkylation sites (tertiary alicyclic amines) is 1. The van der Waals surface area contributed by atoms with Crippen molar-refractivity contribution in [2.75, 3.05) is 19.7 Å². The van der Waals surface area contributed by atoms with Gasteiger partial charge in [-0.2, -0.15) is 0 Å². The molecule has 0 saturated carbocycles. The van der Waals surface area contributed by atoms with Crippen LogP contribution in [0.1, 0.15) is 29.0 Å². The third-order valence-corrected chi connectivity index (χ3v) is 6.82. The predicted molar refractivity (Wildman–Crippen MR) is 135 cm³/mol. The Hall–Kier alpha value is -4.17. The summed E-state index contributed by atoms with van der Waals surface area (Å²) in [7, 11) is 0. The Labute approximate surface area is 214 Å². The molecule has 3 aromatic rings. The molecular formula is C29H28N2O6. The molecule has 2 N–H and O–H groups in total. The SMILES string of the molecule is O=C(CCN1C[C@H](O)[C@H](NC(=O)OCC2c3ccccc3-c3ccccc32)C1=O)OCc1ccccc1. The predicted octanol–water partition coefficient (Wildman–Crippen LogP) is 3.23. The number of esters is 1. The molecule has 5 rings (SSSR count). The maximum Gasteiger partial charge on any atom is 0.407 e. The van der Waals surface area contributed by atoms with Crippen LogP contribution < -0.4 is 5.32 Å². The number of aliphatic hydroxyl groups excluding tert-OH is 1. The minimum absolute atomic E-state index is 0.0110. The van der Waals surface area contributed by atoms with Crippen LogP contribution in [-0.4, -0.2) is 59.8 Å². The number of ether oxygens (including phenoxy) is 2. The van der Waals surface area contributed by atoms with E-state index in [1.807, 2.05) is 78.9 Å². The van der Waals surface area contributed by atoms with Crippen molar-refractivity contribution in [1.29, 1.82) is 0 Å². The van der Waals surface area contributed by atoms with E-state index in [0.717, 1.165) is 27.8 Å². The number of aliphatic hydroxyl groups is 1. The number of hydrogen-bond donors (Lipinski definition) is 2. The highest BCUT2D eigenvalue weighted by Gasteiger charge is 2.41. The standard InChI is InChI=1S/C29H28N2O6/c32-25-16-31(15-14-26(33)36-17-19-8-2-1-3-9-19)28(34)27(25)30-29(35)37-18-24-22-12-6-4-10-20(22)21-11-5-7-13-23(21)24/h1-13,24-25,27,32H,14-18H2,(H,30,35)/t25-,27-/m0/s1. The van der Waals surface area contributed by atoms with Crippen molar-refractivity contribution >= 4 is 18.0 Å². The highest BCUT2D eigenvalue weighted by Crippen LogP contribution is 2.44. The zero-order chi connectivity index (χ0) is 25.8. The van der Waals surface area contributed by atoms with Gasteiger partial charge in [0, 0.05) is 19.0 Å². The van der Waals surface area contributed by atoms with Crippen LogP contribution in [0.5, 0.6) is 0 Å². The first-order valence-corrected chi connectivity index (χ1v) is 12.3. The van der Waals surface area contributed by atoms with Gasteiger partial charge in [-0.25, -0.2) is 4.79 Å². The molecule has 0 aromatic heterocycles. The summed E-state index contributed by atoms with van der Waals surface area (Å²) in [5.74, 6) is -1.02. The Kier molecular flexibility index (Phi) is 7.18. The van der Waals surface area contributed by atoms with E-state index < -0.39 is 30.1 Å². The summed E-state index contributed by atoms with van der Waals surface area (Å²) in [6.45, 7) is 0.363. The molecular weight excluding hydrogens is 472 g/mol. The molecule has 190 valence electrons. The van der Waals surface area contributed by atoms with Gasteiger partial charge < -0.3 is 24.8 Å². The Morgan fingerprint density at radius 3 is 2.19 bits per heavy atom. The molecule has 0 spiro atoms. The van der Waals surface area contributed by atoms with Crippen molar-refractivity contribution in [3.8, 4) is 11.1 Å². The van der Waals surface area contributed by atoms with Crippen LogP contribution in [0.2, 0.25) is 0 Å². The van der Waals surface area contributed by atoms with Gasteiger partial charge in [0.25, 0.3) is 0 Å². The second kappa shape index (κ2) is 10.8. The fourth-order valence-corrected chi connectivity index (χ4v) is 4.95. The second-order valence-corrected chi connectivity index (χ2v) is 9.20. The average Bonchev–Trinajstić information content (AvgIpc) is 3.39. The monoisotopic (exact) mass is 500 g/mol. The molecule has 1 heterocycles. The van der Waals surface area contributed by atoms with Gasteiger partial charge in [0.2, 0.25) is 5.91 Å². The number of alkyl carbamates (subject to hydrolysis) is 1. The second-order valence-electron chi connectivity index (χ2n) is 9.20. The van der Waals surface area contributed by atoms with Crippen LogP contribution in [0, 0.1) is 0 Å². The lowest BCUT2D eigenvalue weighted by Crippen LogP contribution is -2.46. The number of carbonyl (C=O) groups is 3. The van der Waals surface area contributed by atoms with Crippen molar-refractivity contribution < 1.29 is 29.0 Å². The quantitative estimate of drug-likeness (QED) is 0.460. The fourth-order valence-electron chi connectivity index (χ4n) is 4.95. The topological polar surface area (TPSA) is 105 Å². The number of amides is 2. The Balaban J connectivity index is 1.11. The van der Waals surface area contributed by atoms with Gasteiger partial charge in [-0.05, 0) is 27.8 Å². The lowest BCUT2D eigenvalue weighted by atomic mass is 9.98. The van der Waals surface area contributed by atoms with Crippen molar-refractivity contribution in [3.63, 3.8) is 0 Å². The molecule has 8 nitrogen and oxygen atoms in total. The molecule has 3 aromatic carbocycles. The minimum Gasteiger partial charge on any atom is -0.461 e. The average molecular weight is 501 g/mol. The highest BCUT2D eigenvalue weighted by atomic mass is 16.5. The number of β-amino-alcohol motifs (C(OH)–C–C–N with tert-alkyl or cyclic N) is 1. The zero-order valence-electron chi connectivity index (χ0n) is 20.2. The maximum absolute atomic E-state index is 12.8. The third kappa shape index (κ3) is 5.34. The number of benzene rings is 3. The molecule has 1 aliphatic carbocycles.